The van der Waals surface area contributed by atoms with Gasteiger partial charge >= 0.3 is 0 Å². The maximum atomic E-state index is 14.1. The monoisotopic (exact) mass is 277 g/mol. The Kier molecular flexibility index (Phi) is 3.38. The van der Waals surface area contributed by atoms with Crippen LogP contribution in [-0.4, -0.2) is 25.6 Å². The highest BCUT2D eigenvalue weighted by atomic mass is 19.1. The van der Waals surface area contributed by atoms with Crippen molar-refractivity contribution < 1.29 is 9.13 Å². The summed E-state index contributed by atoms with van der Waals surface area (Å²) in [6.07, 6.45) is 2.57. The highest BCUT2D eigenvalue weighted by Crippen LogP contribution is 2.33. The summed E-state index contributed by atoms with van der Waals surface area (Å²) in [7, 11) is 0. The minimum absolute atomic E-state index is 0.272. The molecule has 1 saturated carbocycles. The van der Waals surface area contributed by atoms with Gasteiger partial charge in [0, 0.05) is 17.8 Å². The molecule has 1 aliphatic carbocycles. The van der Waals surface area contributed by atoms with E-state index in [-0.39, 0.29) is 5.82 Å². The van der Waals surface area contributed by atoms with Crippen LogP contribution in [-0.2, 0) is 10.3 Å². The molecule has 1 heterocycles. The Balaban J connectivity index is 1.86. The van der Waals surface area contributed by atoms with Gasteiger partial charge in [-0.15, -0.1) is 0 Å². The smallest absolute Gasteiger partial charge is 0.129 e. The van der Waals surface area contributed by atoms with Crippen LogP contribution < -0.4 is 11.1 Å². The van der Waals surface area contributed by atoms with Crippen molar-refractivity contribution in [3.05, 3.63) is 29.6 Å². The molecular formula is C15H20FN3O. The van der Waals surface area contributed by atoms with E-state index in [1.54, 1.807) is 6.07 Å². The molecule has 0 radical (unpaired) electrons. The molecule has 1 aromatic carbocycles. The van der Waals surface area contributed by atoms with E-state index in [1.807, 2.05) is 13.0 Å². The molecular weight excluding hydrogens is 257 g/mol. The number of ether oxygens (including phenoxy) is 1. The molecule has 1 aliphatic heterocycles. The molecule has 1 fully saturated rings. The van der Waals surface area contributed by atoms with E-state index < -0.39 is 5.54 Å². The third-order valence-corrected chi connectivity index (χ3v) is 3.86. The van der Waals surface area contributed by atoms with Gasteiger partial charge in [-0.05, 0) is 43.9 Å². The summed E-state index contributed by atoms with van der Waals surface area (Å²) in [6.45, 7) is 3.46. The van der Waals surface area contributed by atoms with Gasteiger partial charge < -0.3 is 15.8 Å². The molecule has 1 atom stereocenters. The SMILES string of the molecule is CC1(c2cc(NCC3CC3)ccc2F)COCC(N)=N1. The van der Waals surface area contributed by atoms with Crippen LogP contribution in [0.1, 0.15) is 25.3 Å². The van der Waals surface area contributed by atoms with Crippen LogP contribution in [0.5, 0.6) is 0 Å². The molecule has 0 spiro atoms. The summed E-state index contributed by atoms with van der Waals surface area (Å²) < 4.78 is 19.6. The number of aliphatic imine (C=N–C) groups is 1. The fourth-order valence-electron chi connectivity index (χ4n) is 2.51. The van der Waals surface area contributed by atoms with E-state index >= 15 is 0 Å². The molecule has 20 heavy (non-hydrogen) atoms. The van der Waals surface area contributed by atoms with Crippen LogP contribution in [0.15, 0.2) is 23.2 Å². The molecule has 0 bridgehead atoms. The lowest BCUT2D eigenvalue weighted by atomic mass is 9.92. The summed E-state index contributed by atoms with van der Waals surface area (Å²) in [4.78, 5) is 4.40. The Morgan fingerprint density at radius 1 is 1.50 bits per heavy atom. The van der Waals surface area contributed by atoms with Gasteiger partial charge in [-0.2, -0.15) is 0 Å². The molecule has 1 aromatic rings. The maximum Gasteiger partial charge on any atom is 0.129 e. The first kappa shape index (κ1) is 13.4. The second kappa shape index (κ2) is 5.05. The predicted molar refractivity (Wildman–Crippen MR) is 77.4 cm³/mol. The van der Waals surface area contributed by atoms with Crippen molar-refractivity contribution in [3.63, 3.8) is 0 Å². The Labute approximate surface area is 118 Å². The number of halogens is 1. The maximum absolute atomic E-state index is 14.1. The standard InChI is InChI=1S/C15H20FN3O/c1-15(9-20-8-14(17)19-15)12-6-11(4-5-13(12)16)18-7-10-2-3-10/h4-6,10,18H,2-3,7-9H2,1H3,(H2,17,19). The van der Waals surface area contributed by atoms with Gasteiger partial charge in [-0.3, -0.25) is 4.99 Å². The van der Waals surface area contributed by atoms with Gasteiger partial charge in [0.1, 0.15) is 23.8 Å². The molecule has 2 aliphatic rings. The number of amidine groups is 1. The van der Waals surface area contributed by atoms with Crippen LogP contribution >= 0.6 is 0 Å². The molecule has 4 nitrogen and oxygen atoms in total. The van der Waals surface area contributed by atoms with Gasteiger partial charge in [0.05, 0.1) is 6.61 Å². The largest absolute Gasteiger partial charge is 0.386 e. The summed E-state index contributed by atoms with van der Waals surface area (Å²) in [5, 5.41) is 3.35. The Hall–Kier alpha value is -1.62. The number of hydrogen-bond acceptors (Lipinski definition) is 4. The van der Waals surface area contributed by atoms with Crippen molar-refractivity contribution >= 4 is 11.5 Å². The van der Waals surface area contributed by atoms with Crippen LogP contribution in [0.4, 0.5) is 10.1 Å². The molecule has 0 aromatic heterocycles. The molecule has 1 unspecified atom stereocenters. The molecule has 0 amide bonds. The average Bonchev–Trinajstić information content (AvgIpc) is 3.21. The highest BCUT2D eigenvalue weighted by molar-refractivity contribution is 5.82. The zero-order chi connectivity index (χ0) is 14.2. The van der Waals surface area contributed by atoms with Crippen LogP contribution in [0.3, 0.4) is 0 Å². The second-order valence-electron chi connectivity index (χ2n) is 5.89. The Morgan fingerprint density at radius 3 is 3.00 bits per heavy atom. The van der Waals surface area contributed by atoms with Gasteiger partial charge in [0.25, 0.3) is 0 Å². The van der Waals surface area contributed by atoms with Gasteiger partial charge in [0.15, 0.2) is 0 Å². The molecule has 5 heteroatoms. The minimum atomic E-state index is -0.746. The van der Waals surface area contributed by atoms with Crippen LogP contribution in [0.2, 0.25) is 0 Å². The van der Waals surface area contributed by atoms with Gasteiger partial charge in [-0.1, -0.05) is 0 Å². The number of hydrogen-bond donors (Lipinski definition) is 2. The van der Waals surface area contributed by atoms with Crippen molar-refractivity contribution in [1.82, 2.24) is 0 Å². The Bertz CT molecular complexity index is 542. The highest BCUT2D eigenvalue weighted by Gasteiger charge is 2.33. The number of nitrogens with one attached hydrogen (secondary N) is 1. The summed E-state index contributed by atoms with van der Waals surface area (Å²) in [6, 6.07) is 5.07. The number of anilines is 1. The van der Waals surface area contributed by atoms with Crippen LogP contribution in [0, 0.1) is 11.7 Å². The van der Waals surface area contributed by atoms with E-state index in [0.29, 0.717) is 24.6 Å². The van der Waals surface area contributed by atoms with Crippen molar-refractivity contribution in [2.24, 2.45) is 16.6 Å². The zero-order valence-electron chi connectivity index (χ0n) is 11.7. The number of benzene rings is 1. The minimum Gasteiger partial charge on any atom is -0.386 e. The number of rotatable bonds is 4. The van der Waals surface area contributed by atoms with E-state index in [1.165, 1.54) is 18.9 Å². The quantitative estimate of drug-likeness (QED) is 0.887. The lowest BCUT2D eigenvalue weighted by Crippen LogP contribution is -2.38. The van der Waals surface area contributed by atoms with E-state index in [4.69, 9.17) is 10.5 Å². The first-order chi connectivity index (χ1) is 9.57. The summed E-state index contributed by atoms with van der Waals surface area (Å²) in [5.74, 6) is 0.909. The predicted octanol–water partition coefficient (Wildman–Crippen LogP) is 2.25. The normalized spacial score (nSPS) is 26.2. The lowest BCUT2D eigenvalue weighted by Gasteiger charge is -2.30. The first-order valence-corrected chi connectivity index (χ1v) is 7.03. The summed E-state index contributed by atoms with van der Waals surface area (Å²) in [5.41, 5.74) is 6.44. The molecule has 3 rings (SSSR count). The number of nitrogens with zero attached hydrogens (tertiary/aromatic N) is 1. The van der Waals surface area contributed by atoms with Gasteiger partial charge in [0.2, 0.25) is 0 Å². The second-order valence-corrected chi connectivity index (χ2v) is 5.89. The van der Waals surface area contributed by atoms with Crippen molar-refractivity contribution in [2.45, 2.75) is 25.3 Å². The van der Waals surface area contributed by atoms with Gasteiger partial charge in [-0.25, -0.2) is 4.39 Å². The van der Waals surface area contributed by atoms with Crippen molar-refractivity contribution in [2.75, 3.05) is 25.1 Å². The molecule has 108 valence electrons. The van der Waals surface area contributed by atoms with Crippen molar-refractivity contribution in [3.8, 4) is 0 Å². The third kappa shape index (κ3) is 2.77. The fraction of sp³-hybridized carbons (Fsp3) is 0.533. The molecule has 3 N–H and O–H groups in total. The zero-order valence-corrected chi connectivity index (χ0v) is 11.7. The summed E-state index contributed by atoms with van der Waals surface area (Å²) >= 11 is 0. The van der Waals surface area contributed by atoms with E-state index in [0.717, 1.165) is 18.2 Å². The van der Waals surface area contributed by atoms with E-state index in [2.05, 4.69) is 10.3 Å². The lowest BCUT2D eigenvalue weighted by molar-refractivity contribution is 0.104. The third-order valence-electron chi connectivity index (χ3n) is 3.86. The topological polar surface area (TPSA) is 59.6 Å². The van der Waals surface area contributed by atoms with Crippen molar-refractivity contribution in [1.29, 1.82) is 0 Å². The molecule has 0 saturated heterocycles. The first-order valence-electron chi connectivity index (χ1n) is 7.03. The van der Waals surface area contributed by atoms with E-state index in [9.17, 15) is 4.39 Å². The Morgan fingerprint density at radius 2 is 2.30 bits per heavy atom. The average molecular weight is 277 g/mol. The van der Waals surface area contributed by atoms with Crippen LogP contribution in [0.25, 0.3) is 0 Å². The number of nitrogens with two attached hydrogens (primary N) is 1. The fourth-order valence-corrected chi connectivity index (χ4v) is 2.51.